The summed E-state index contributed by atoms with van der Waals surface area (Å²) in [5.74, 6) is -0.461. The summed E-state index contributed by atoms with van der Waals surface area (Å²) in [5.41, 5.74) is 0.740. The van der Waals surface area contributed by atoms with Gasteiger partial charge >= 0.3 is 5.97 Å². The summed E-state index contributed by atoms with van der Waals surface area (Å²) < 4.78 is 5.11. The van der Waals surface area contributed by atoms with Crippen molar-refractivity contribution >= 4 is 11.8 Å². The number of carbonyl (C=O) groups is 2. The molecule has 92 valence electrons. The molecule has 0 aromatic heterocycles. The molecule has 0 unspecified atom stereocenters. The van der Waals surface area contributed by atoms with Gasteiger partial charge in [0.15, 0.2) is 11.9 Å². The fraction of sp³-hybridized carbons (Fsp3) is 0.429. The first-order valence-electron chi connectivity index (χ1n) is 5.90. The molecule has 0 heterocycles. The first-order chi connectivity index (χ1) is 8.15. The third-order valence-electron chi connectivity index (χ3n) is 2.46. The Kier molecular flexibility index (Phi) is 5.40. The molecule has 1 aromatic carbocycles. The minimum atomic E-state index is -0.750. The molecule has 1 atom stereocenters. The van der Waals surface area contributed by atoms with Crippen LogP contribution in [0.5, 0.6) is 0 Å². The smallest absolute Gasteiger partial charge is 0.303 e. The van der Waals surface area contributed by atoms with Gasteiger partial charge in [-0.3, -0.25) is 9.59 Å². The molecule has 0 fully saturated rings. The van der Waals surface area contributed by atoms with Gasteiger partial charge in [0.1, 0.15) is 0 Å². The van der Waals surface area contributed by atoms with Gasteiger partial charge in [-0.25, -0.2) is 0 Å². The van der Waals surface area contributed by atoms with Crippen molar-refractivity contribution < 1.29 is 14.3 Å². The van der Waals surface area contributed by atoms with Crippen molar-refractivity contribution in [1.29, 1.82) is 0 Å². The summed E-state index contributed by atoms with van der Waals surface area (Å²) in [7, 11) is 0. The Bertz CT molecular complexity index is 370. The minimum absolute atomic E-state index is 0.0340. The largest absolute Gasteiger partial charge is 0.450 e. The number of hydrogen-bond donors (Lipinski definition) is 0. The second-order valence-electron chi connectivity index (χ2n) is 3.97. The van der Waals surface area contributed by atoms with E-state index in [1.165, 1.54) is 6.92 Å². The second-order valence-corrected chi connectivity index (χ2v) is 3.97. The van der Waals surface area contributed by atoms with Crippen LogP contribution in [0.25, 0.3) is 0 Å². The lowest BCUT2D eigenvalue weighted by atomic mass is 10.0. The van der Waals surface area contributed by atoms with Gasteiger partial charge in [-0.1, -0.05) is 43.7 Å². The van der Waals surface area contributed by atoms with Crippen LogP contribution in [0.1, 0.15) is 44.8 Å². The number of ketones is 1. The lowest BCUT2D eigenvalue weighted by Gasteiger charge is -2.16. The number of esters is 1. The summed E-state index contributed by atoms with van der Waals surface area (Å²) in [6.07, 6.45) is 1.47. The third kappa shape index (κ3) is 4.39. The summed E-state index contributed by atoms with van der Waals surface area (Å²) in [6, 6.07) is 9.14. The van der Waals surface area contributed by atoms with Crippen LogP contribution in [0.2, 0.25) is 0 Å². The van der Waals surface area contributed by atoms with Gasteiger partial charge < -0.3 is 4.74 Å². The maximum atomic E-state index is 12.0. The lowest BCUT2D eigenvalue weighted by molar-refractivity contribution is -0.153. The molecule has 0 aliphatic rings. The van der Waals surface area contributed by atoms with E-state index in [9.17, 15) is 9.59 Å². The molecule has 3 nitrogen and oxygen atoms in total. The van der Waals surface area contributed by atoms with E-state index < -0.39 is 12.1 Å². The monoisotopic (exact) mass is 234 g/mol. The molecule has 3 heteroatoms. The van der Waals surface area contributed by atoms with Crippen molar-refractivity contribution in [2.24, 2.45) is 0 Å². The van der Waals surface area contributed by atoms with E-state index in [0.29, 0.717) is 6.42 Å². The molecule has 0 aliphatic heterocycles. The van der Waals surface area contributed by atoms with Gasteiger partial charge in [-0.2, -0.15) is 0 Å². The average Bonchev–Trinajstić information content (AvgIpc) is 2.34. The van der Waals surface area contributed by atoms with Crippen LogP contribution in [0.15, 0.2) is 30.3 Å². The quantitative estimate of drug-likeness (QED) is 0.710. The van der Waals surface area contributed by atoms with Gasteiger partial charge in [-0.05, 0) is 12.0 Å². The number of Topliss-reactive ketones (excluding diaryl/α,β-unsaturated/α-hetero) is 1. The molecule has 0 radical (unpaired) electrons. The van der Waals surface area contributed by atoms with Crippen molar-refractivity contribution in [3.8, 4) is 0 Å². The Hall–Kier alpha value is -1.64. The third-order valence-corrected chi connectivity index (χ3v) is 2.46. The van der Waals surface area contributed by atoms with E-state index in [2.05, 4.69) is 0 Å². The van der Waals surface area contributed by atoms with E-state index >= 15 is 0 Å². The predicted octanol–water partition coefficient (Wildman–Crippen LogP) is 3.05. The van der Waals surface area contributed by atoms with Crippen LogP contribution in [-0.2, 0) is 14.3 Å². The highest BCUT2D eigenvalue weighted by atomic mass is 16.5. The molecular formula is C14H18O3. The zero-order valence-corrected chi connectivity index (χ0v) is 10.3. The molecule has 0 spiro atoms. The predicted molar refractivity (Wildman–Crippen MR) is 65.5 cm³/mol. The topological polar surface area (TPSA) is 43.4 Å². The Balaban J connectivity index is 2.80. The molecule has 0 aliphatic carbocycles. The van der Waals surface area contributed by atoms with Crippen LogP contribution >= 0.6 is 0 Å². The number of ether oxygens (including phenoxy) is 1. The van der Waals surface area contributed by atoms with Crippen LogP contribution in [0, 0.1) is 0 Å². The number of benzene rings is 1. The maximum Gasteiger partial charge on any atom is 0.303 e. The van der Waals surface area contributed by atoms with Crippen molar-refractivity contribution in [1.82, 2.24) is 0 Å². The van der Waals surface area contributed by atoms with Gasteiger partial charge in [0.25, 0.3) is 0 Å². The SMILES string of the molecule is CCCCC(=O)[C@H](OC(C)=O)c1ccccc1. The zero-order valence-electron chi connectivity index (χ0n) is 10.3. The molecule has 0 saturated carbocycles. The maximum absolute atomic E-state index is 12.0. The summed E-state index contributed by atoms with van der Waals surface area (Å²) in [5, 5.41) is 0. The number of rotatable bonds is 6. The Morgan fingerprint density at radius 2 is 1.88 bits per heavy atom. The Morgan fingerprint density at radius 3 is 2.41 bits per heavy atom. The fourth-order valence-electron chi connectivity index (χ4n) is 1.60. The summed E-state index contributed by atoms with van der Waals surface area (Å²) >= 11 is 0. The summed E-state index contributed by atoms with van der Waals surface area (Å²) in [4.78, 5) is 23.0. The summed E-state index contributed by atoms with van der Waals surface area (Å²) in [6.45, 7) is 3.35. The fourth-order valence-corrected chi connectivity index (χ4v) is 1.60. The Labute approximate surface area is 102 Å². The standard InChI is InChI=1S/C14H18O3/c1-3-4-10-13(16)14(17-11(2)15)12-8-6-5-7-9-12/h5-9,14H,3-4,10H2,1-2H3/t14-/m1/s1. The van der Waals surface area contributed by atoms with Gasteiger partial charge in [0.2, 0.25) is 0 Å². The van der Waals surface area contributed by atoms with Crippen molar-refractivity contribution in [3.05, 3.63) is 35.9 Å². The molecule has 1 rings (SSSR count). The van der Waals surface area contributed by atoms with E-state index in [-0.39, 0.29) is 5.78 Å². The number of unbranched alkanes of at least 4 members (excludes halogenated alkanes) is 1. The average molecular weight is 234 g/mol. The van der Waals surface area contributed by atoms with E-state index in [0.717, 1.165) is 18.4 Å². The van der Waals surface area contributed by atoms with Crippen LogP contribution < -0.4 is 0 Å². The highest BCUT2D eigenvalue weighted by Gasteiger charge is 2.22. The van der Waals surface area contributed by atoms with E-state index in [4.69, 9.17) is 4.74 Å². The van der Waals surface area contributed by atoms with Crippen LogP contribution in [0.3, 0.4) is 0 Å². The zero-order chi connectivity index (χ0) is 12.7. The molecule has 0 amide bonds. The highest BCUT2D eigenvalue weighted by molar-refractivity contribution is 5.86. The van der Waals surface area contributed by atoms with Gasteiger partial charge in [0.05, 0.1) is 0 Å². The number of hydrogen-bond acceptors (Lipinski definition) is 3. The molecule has 0 bridgehead atoms. The molecular weight excluding hydrogens is 216 g/mol. The van der Waals surface area contributed by atoms with E-state index in [1.807, 2.05) is 25.1 Å². The molecule has 0 saturated heterocycles. The van der Waals surface area contributed by atoms with Crippen molar-refractivity contribution in [2.75, 3.05) is 0 Å². The minimum Gasteiger partial charge on any atom is -0.450 e. The normalized spacial score (nSPS) is 11.9. The van der Waals surface area contributed by atoms with Crippen LogP contribution in [0.4, 0.5) is 0 Å². The second kappa shape index (κ2) is 6.84. The van der Waals surface area contributed by atoms with Gasteiger partial charge in [-0.15, -0.1) is 0 Å². The van der Waals surface area contributed by atoms with Crippen molar-refractivity contribution in [3.63, 3.8) is 0 Å². The van der Waals surface area contributed by atoms with Crippen molar-refractivity contribution in [2.45, 2.75) is 39.2 Å². The molecule has 1 aromatic rings. The Morgan fingerprint density at radius 1 is 1.24 bits per heavy atom. The highest BCUT2D eigenvalue weighted by Crippen LogP contribution is 2.21. The number of carbonyl (C=O) groups excluding carboxylic acids is 2. The first-order valence-corrected chi connectivity index (χ1v) is 5.90. The molecule has 17 heavy (non-hydrogen) atoms. The lowest BCUT2D eigenvalue weighted by Crippen LogP contribution is -2.18. The molecule has 0 N–H and O–H groups in total. The first kappa shape index (κ1) is 13.4. The van der Waals surface area contributed by atoms with E-state index in [1.54, 1.807) is 12.1 Å². The van der Waals surface area contributed by atoms with Gasteiger partial charge in [0, 0.05) is 13.3 Å². The van der Waals surface area contributed by atoms with Crippen LogP contribution in [-0.4, -0.2) is 11.8 Å².